The quantitative estimate of drug-likeness (QED) is 0.589. The highest BCUT2D eigenvalue weighted by Crippen LogP contribution is 2.20. The van der Waals surface area contributed by atoms with Crippen molar-refractivity contribution in [2.24, 2.45) is 0 Å². The van der Waals surface area contributed by atoms with Gasteiger partial charge in [-0.15, -0.1) is 10.2 Å². The highest BCUT2D eigenvalue weighted by atomic mass is 35.5. The van der Waals surface area contributed by atoms with Gasteiger partial charge in [0.05, 0.1) is 5.69 Å². The Hall–Kier alpha value is -3.20. The Morgan fingerprint density at radius 3 is 2.47 bits per heavy atom. The van der Waals surface area contributed by atoms with Crippen LogP contribution in [0, 0.1) is 0 Å². The molecule has 1 aliphatic rings. The lowest BCUT2D eigenvalue weighted by molar-refractivity contribution is -0.132. The van der Waals surface area contributed by atoms with E-state index in [9.17, 15) is 9.59 Å². The minimum absolute atomic E-state index is 0.00910. The van der Waals surface area contributed by atoms with Crippen molar-refractivity contribution in [3.05, 3.63) is 47.2 Å². The molecule has 0 bridgehead atoms. The number of ether oxygens (including phenoxy) is 1. The first-order valence-electron chi connectivity index (χ1n) is 11.4. The predicted molar refractivity (Wildman–Crippen MR) is 129 cm³/mol. The van der Waals surface area contributed by atoms with Crippen molar-refractivity contribution in [3.8, 4) is 11.3 Å². The maximum Gasteiger partial charge on any atom is 0.407 e. The van der Waals surface area contributed by atoms with Gasteiger partial charge in [-0.2, -0.15) is 9.61 Å². The maximum absolute atomic E-state index is 12.8. The van der Waals surface area contributed by atoms with Gasteiger partial charge in [-0.3, -0.25) is 4.79 Å². The monoisotopic (exact) mass is 484 g/mol. The van der Waals surface area contributed by atoms with Crippen LogP contribution in [0.4, 0.5) is 4.79 Å². The van der Waals surface area contributed by atoms with Crippen molar-refractivity contribution in [2.45, 2.75) is 58.1 Å². The number of nitrogens with one attached hydrogen (secondary N) is 1. The lowest BCUT2D eigenvalue weighted by Crippen LogP contribution is -2.47. The number of hydrogen-bond acceptors (Lipinski definition) is 6. The van der Waals surface area contributed by atoms with E-state index in [-0.39, 0.29) is 11.9 Å². The van der Waals surface area contributed by atoms with Crippen LogP contribution >= 0.6 is 11.6 Å². The molecule has 34 heavy (non-hydrogen) atoms. The normalized spacial score (nSPS) is 14.9. The van der Waals surface area contributed by atoms with Crippen molar-refractivity contribution < 1.29 is 14.3 Å². The number of carbonyl (C=O) groups excluding carboxylic acids is 2. The summed E-state index contributed by atoms with van der Waals surface area (Å²) >= 11 is 5.98. The van der Waals surface area contributed by atoms with Crippen LogP contribution in [0.1, 0.15) is 45.9 Å². The van der Waals surface area contributed by atoms with Crippen molar-refractivity contribution >= 4 is 29.2 Å². The summed E-state index contributed by atoms with van der Waals surface area (Å²) in [6, 6.07) is 11.2. The van der Waals surface area contributed by atoms with Crippen molar-refractivity contribution in [2.75, 3.05) is 13.1 Å². The van der Waals surface area contributed by atoms with Gasteiger partial charge in [0.2, 0.25) is 5.91 Å². The highest BCUT2D eigenvalue weighted by Gasteiger charge is 2.26. The van der Waals surface area contributed by atoms with Crippen molar-refractivity contribution in [3.63, 3.8) is 0 Å². The number of likely N-dealkylation sites (tertiary alicyclic amines) is 1. The van der Waals surface area contributed by atoms with E-state index in [0.717, 1.165) is 11.3 Å². The Labute approximate surface area is 203 Å². The summed E-state index contributed by atoms with van der Waals surface area (Å²) in [6.07, 6.45) is 1.74. The molecule has 1 N–H and O–H groups in total. The average Bonchev–Trinajstić information content (AvgIpc) is 3.19. The van der Waals surface area contributed by atoms with Crippen LogP contribution in [0.15, 0.2) is 36.4 Å². The number of piperidine rings is 1. The molecule has 1 fully saturated rings. The number of alkyl carbamates (subject to hydrolysis) is 1. The summed E-state index contributed by atoms with van der Waals surface area (Å²) in [6.45, 7) is 6.69. The third-order valence-electron chi connectivity index (χ3n) is 5.60. The van der Waals surface area contributed by atoms with Gasteiger partial charge in [0.25, 0.3) is 0 Å². The van der Waals surface area contributed by atoms with Crippen LogP contribution in [-0.2, 0) is 16.0 Å². The van der Waals surface area contributed by atoms with Crippen LogP contribution in [-0.4, -0.2) is 61.4 Å². The van der Waals surface area contributed by atoms with Crippen LogP contribution in [0.25, 0.3) is 16.9 Å². The van der Waals surface area contributed by atoms with E-state index in [1.54, 1.807) is 4.52 Å². The standard InChI is InChI=1S/C24H29ClN6O3/c1-24(2,3)34-23(33)26-18-12-14-30(15-13-18)22(32)11-10-21-28-27-20-9-8-19(29-31(20)21)16-4-6-17(25)7-5-16/h4-9,18H,10-15H2,1-3H3,(H,26,33). The summed E-state index contributed by atoms with van der Waals surface area (Å²) in [5.74, 6) is 0.696. The molecule has 180 valence electrons. The topological polar surface area (TPSA) is 102 Å². The lowest BCUT2D eigenvalue weighted by Gasteiger charge is -2.33. The summed E-state index contributed by atoms with van der Waals surface area (Å²) < 4.78 is 7.00. The summed E-state index contributed by atoms with van der Waals surface area (Å²) in [7, 11) is 0. The number of amides is 2. The number of benzene rings is 1. The first-order chi connectivity index (χ1) is 16.2. The SMILES string of the molecule is CC(C)(C)OC(=O)NC1CCN(C(=O)CCc2nnc3ccc(-c4ccc(Cl)cc4)nn23)CC1. The van der Waals surface area contributed by atoms with E-state index >= 15 is 0 Å². The average molecular weight is 485 g/mol. The summed E-state index contributed by atoms with van der Waals surface area (Å²) in [4.78, 5) is 26.6. The lowest BCUT2D eigenvalue weighted by atomic mass is 10.0. The molecular formula is C24H29ClN6O3. The molecule has 0 atom stereocenters. The number of fused-ring (bicyclic) bond motifs is 1. The number of aromatic nitrogens is 4. The molecule has 0 unspecified atom stereocenters. The van der Waals surface area contributed by atoms with Gasteiger partial charge in [-0.05, 0) is 57.9 Å². The summed E-state index contributed by atoms with van der Waals surface area (Å²) in [5, 5.41) is 16.6. The Morgan fingerprint density at radius 1 is 1.09 bits per heavy atom. The second kappa shape index (κ2) is 9.97. The molecule has 3 heterocycles. The minimum atomic E-state index is -0.531. The Morgan fingerprint density at radius 2 is 1.79 bits per heavy atom. The molecule has 4 rings (SSSR count). The highest BCUT2D eigenvalue weighted by molar-refractivity contribution is 6.30. The molecule has 10 heteroatoms. The van der Waals surface area contributed by atoms with Crippen molar-refractivity contribution in [1.29, 1.82) is 0 Å². The zero-order chi connectivity index (χ0) is 24.3. The van der Waals surface area contributed by atoms with Gasteiger partial charge in [-0.25, -0.2) is 4.79 Å². The molecule has 0 aliphatic carbocycles. The molecular weight excluding hydrogens is 456 g/mol. The number of nitrogens with zero attached hydrogens (tertiary/aromatic N) is 5. The third-order valence-corrected chi connectivity index (χ3v) is 5.85. The molecule has 9 nitrogen and oxygen atoms in total. The second-order valence-electron chi connectivity index (χ2n) is 9.41. The molecule has 1 saturated heterocycles. The van der Waals surface area contributed by atoms with Crippen molar-refractivity contribution in [1.82, 2.24) is 30.0 Å². The smallest absolute Gasteiger partial charge is 0.407 e. The number of hydrogen-bond donors (Lipinski definition) is 1. The van der Waals surface area contributed by atoms with Gasteiger partial charge in [-0.1, -0.05) is 23.7 Å². The Kier molecular flexibility index (Phi) is 7.02. The van der Waals surface area contributed by atoms with Gasteiger partial charge in [0, 0.05) is 42.6 Å². The predicted octanol–water partition coefficient (Wildman–Crippen LogP) is 3.89. The maximum atomic E-state index is 12.8. The fourth-order valence-corrected chi connectivity index (χ4v) is 4.01. The molecule has 1 aliphatic heterocycles. The number of carbonyl (C=O) groups is 2. The minimum Gasteiger partial charge on any atom is -0.444 e. The fourth-order valence-electron chi connectivity index (χ4n) is 3.89. The van der Waals surface area contributed by atoms with E-state index < -0.39 is 11.7 Å². The van der Waals surface area contributed by atoms with Crippen LogP contribution in [0.2, 0.25) is 5.02 Å². The van der Waals surface area contributed by atoms with E-state index in [2.05, 4.69) is 20.6 Å². The summed E-state index contributed by atoms with van der Waals surface area (Å²) in [5.41, 5.74) is 1.81. The number of halogens is 1. The van der Waals surface area contributed by atoms with E-state index in [1.165, 1.54) is 0 Å². The second-order valence-corrected chi connectivity index (χ2v) is 9.85. The molecule has 1 aromatic carbocycles. The molecule has 0 saturated carbocycles. The molecule has 0 spiro atoms. The van der Waals surface area contributed by atoms with Gasteiger partial charge in [0.15, 0.2) is 11.5 Å². The number of rotatable bonds is 5. The first kappa shape index (κ1) is 23.9. The van der Waals surface area contributed by atoms with Gasteiger partial charge >= 0.3 is 6.09 Å². The van der Waals surface area contributed by atoms with E-state index in [4.69, 9.17) is 16.3 Å². The Bertz CT molecular complexity index is 1160. The third kappa shape index (κ3) is 6.02. The van der Waals surface area contributed by atoms with Crippen LogP contribution in [0.5, 0.6) is 0 Å². The molecule has 2 amide bonds. The van der Waals surface area contributed by atoms with Crippen LogP contribution < -0.4 is 5.32 Å². The fraction of sp³-hybridized carbons (Fsp3) is 0.458. The van der Waals surface area contributed by atoms with E-state index in [1.807, 2.05) is 62.1 Å². The largest absolute Gasteiger partial charge is 0.444 e. The molecule has 0 radical (unpaired) electrons. The zero-order valence-corrected chi connectivity index (χ0v) is 20.4. The van der Waals surface area contributed by atoms with Gasteiger partial charge < -0.3 is 15.0 Å². The first-order valence-corrected chi connectivity index (χ1v) is 11.8. The van der Waals surface area contributed by atoms with E-state index in [0.29, 0.717) is 55.3 Å². The van der Waals surface area contributed by atoms with Gasteiger partial charge in [0.1, 0.15) is 5.60 Å². The zero-order valence-electron chi connectivity index (χ0n) is 19.6. The molecule has 3 aromatic rings. The molecule has 2 aromatic heterocycles. The Balaban J connectivity index is 1.32. The van der Waals surface area contributed by atoms with Crippen LogP contribution in [0.3, 0.4) is 0 Å². The number of aryl methyl sites for hydroxylation is 1.